The first-order chi connectivity index (χ1) is 11.2. The topological polar surface area (TPSA) is 55.1 Å². The standard InChI is InChI=1S/C19H28N2OS.ClH/c1-23-10-9-13-5-7-17(8-6-13)21-19(22)16-11-14-3-2-4-15(12-16)18(14)20;/h5-8,14-16,18H,2-4,9-12,20H2,1H3,(H,21,22);1H. The molecule has 3 nitrogen and oxygen atoms in total. The molecule has 1 aromatic carbocycles. The zero-order valence-corrected chi connectivity index (χ0v) is 16.0. The van der Waals surface area contributed by atoms with E-state index in [1.807, 2.05) is 23.9 Å². The van der Waals surface area contributed by atoms with Crippen molar-refractivity contribution in [2.75, 3.05) is 17.3 Å². The van der Waals surface area contributed by atoms with Gasteiger partial charge in [0.2, 0.25) is 5.91 Å². The fraction of sp³-hybridized carbons (Fsp3) is 0.632. The van der Waals surface area contributed by atoms with Crippen molar-refractivity contribution < 1.29 is 4.79 Å². The second kappa shape index (κ2) is 9.12. The number of hydrogen-bond donors (Lipinski definition) is 2. The molecule has 0 radical (unpaired) electrons. The SMILES string of the molecule is CSCCc1ccc(NC(=O)C2CC3CCCC(C2)C3N)cc1.Cl. The van der Waals surface area contributed by atoms with Gasteiger partial charge in [0.25, 0.3) is 0 Å². The van der Waals surface area contributed by atoms with Crippen LogP contribution in [0, 0.1) is 17.8 Å². The zero-order chi connectivity index (χ0) is 16.2. The molecule has 0 aromatic heterocycles. The van der Waals surface area contributed by atoms with Gasteiger partial charge in [0.05, 0.1) is 0 Å². The number of carbonyl (C=O) groups is 1. The van der Waals surface area contributed by atoms with Crippen molar-refractivity contribution in [3.05, 3.63) is 29.8 Å². The van der Waals surface area contributed by atoms with Gasteiger partial charge in [-0.05, 0) is 73.6 Å². The van der Waals surface area contributed by atoms with E-state index in [-0.39, 0.29) is 24.2 Å². The number of anilines is 1. The molecule has 134 valence electrons. The van der Waals surface area contributed by atoms with Crippen LogP contribution in [0.2, 0.25) is 0 Å². The summed E-state index contributed by atoms with van der Waals surface area (Å²) in [6.45, 7) is 0. The minimum atomic E-state index is 0. The number of hydrogen-bond acceptors (Lipinski definition) is 3. The van der Waals surface area contributed by atoms with Crippen LogP contribution in [0.3, 0.4) is 0 Å². The van der Waals surface area contributed by atoms with Gasteiger partial charge in [-0.15, -0.1) is 12.4 Å². The average molecular weight is 369 g/mol. The van der Waals surface area contributed by atoms with Crippen molar-refractivity contribution in [3.8, 4) is 0 Å². The van der Waals surface area contributed by atoms with Crippen molar-refractivity contribution in [1.29, 1.82) is 0 Å². The van der Waals surface area contributed by atoms with Gasteiger partial charge in [-0.1, -0.05) is 18.6 Å². The van der Waals surface area contributed by atoms with E-state index in [1.54, 1.807) is 0 Å². The number of halogens is 1. The molecular formula is C19H29ClN2OS. The summed E-state index contributed by atoms with van der Waals surface area (Å²) >= 11 is 1.86. The molecule has 2 bridgehead atoms. The predicted molar refractivity (Wildman–Crippen MR) is 106 cm³/mol. The minimum absolute atomic E-state index is 0. The molecule has 2 aliphatic carbocycles. The number of aryl methyl sites for hydroxylation is 1. The highest BCUT2D eigenvalue weighted by atomic mass is 35.5. The molecule has 0 aliphatic heterocycles. The highest BCUT2D eigenvalue weighted by molar-refractivity contribution is 7.98. The lowest BCUT2D eigenvalue weighted by Crippen LogP contribution is -2.48. The Balaban J connectivity index is 0.00000208. The molecule has 0 spiro atoms. The maximum Gasteiger partial charge on any atom is 0.227 e. The van der Waals surface area contributed by atoms with Gasteiger partial charge in [-0.3, -0.25) is 4.79 Å². The van der Waals surface area contributed by atoms with Gasteiger partial charge < -0.3 is 11.1 Å². The van der Waals surface area contributed by atoms with Crippen molar-refractivity contribution in [2.24, 2.45) is 23.5 Å². The smallest absolute Gasteiger partial charge is 0.227 e. The number of nitrogens with two attached hydrogens (primary N) is 1. The van der Waals surface area contributed by atoms with E-state index in [9.17, 15) is 4.79 Å². The summed E-state index contributed by atoms with van der Waals surface area (Å²) in [6, 6.07) is 8.63. The van der Waals surface area contributed by atoms with Gasteiger partial charge in [-0.2, -0.15) is 11.8 Å². The van der Waals surface area contributed by atoms with E-state index < -0.39 is 0 Å². The number of nitrogens with one attached hydrogen (secondary N) is 1. The third-order valence-corrected chi connectivity index (χ3v) is 6.21. The molecule has 1 amide bonds. The van der Waals surface area contributed by atoms with Crippen LogP contribution in [-0.2, 0) is 11.2 Å². The molecule has 3 rings (SSSR count). The molecule has 0 saturated heterocycles. The number of fused-ring (bicyclic) bond motifs is 2. The normalized spacial score (nSPS) is 28.8. The molecule has 2 unspecified atom stereocenters. The molecular weight excluding hydrogens is 340 g/mol. The monoisotopic (exact) mass is 368 g/mol. The van der Waals surface area contributed by atoms with Gasteiger partial charge in [0.15, 0.2) is 0 Å². The molecule has 1 aromatic rings. The highest BCUT2D eigenvalue weighted by Gasteiger charge is 2.40. The van der Waals surface area contributed by atoms with E-state index in [0.717, 1.165) is 30.7 Å². The number of rotatable bonds is 5. The number of thioether (sulfide) groups is 1. The van der Waals surface area contributed by atoms with E-state index in [2.05, 4.69) is 23.7 Å². The van der Waals surface area contributed by atoms with Crippen LogP contribution in [0.1, 0.15) is 37.7 Å². The Morgan fingerprint density at radius 3 is 2.42 bits per heavy atom. The minimum Gasteiger partial charge on any atom is -0.327 e. The third-order valence-electron chi connectivity index (χ3n) is 5.60. The van der Waals surface area contributed by atoms with Crippen molar-refractivity contribution >= 4 is 35.8 Å². The number of carbonyl (C=O) groups excluding carboxylic acids is 1. The first kappa shape index (κ1) is 19.6. The molecule has 2 fully saturated rings. The lowest BCUT2D eigenvalue weighted by atomic mass is 9.65. The fourth-order valence-corrected chi connectivity index (χ4v) is 4.66. The molecule has 2 atom stereocenters. The summed E-state index contributed by atoms with van der Waals surface area (Å²) in [5, 5.41) is 3.11. The van der Waals surface area contributed by atoms with Gasteiger partial charge in [0.1, 0.15) is 0 Å². The second-order valence-corrected chi connectivity index (χ2v) is 8.11. The second-order valence-electron chi connectivity index (χ2n) is 7.13. The Hall–Kier alpha value is -0.710. The van der Waals surface area contributed by atoms with E-state index in [1.165, 1.54) is 24.8 Å². The van der Waals surface area contributed by atoms with Gasteiger partial charge in [0, 0.05) is 17.6 Å². The van der Waals surface area contributed by atoms with Crippen LogP contribution in [0.5, 0.6) is 0 Å². The number of benzene rings is 1. The van der Waals surface area contributed by atoms with Crippen LogP contribution < -0.4 is 11.1 Å². The Bertz CT molecular complexity index is 523. The van der Waals surface area contributed by atoms with Crippen LogP contribution >= 0.6 is 24.2 Å². The highest BCUT2D eigenvalue weighted by Crippen LogP contribution is 2.42. The van der Waals surface area contributed by atoms with Crippen LogP contribution in [-0.4, -0.2) is 24.0 Å². The summed E-state index contributed by atoms with van der Waals surface area (Å²) in [5.41, 5.74) is 8.57. The predicted octanol–water partition coefficient (Wildman–Crippen LogP) is 4.11. The quantitative estimate of drug-likeness (QED) is 0.822. The maximum atomic E-state index is 12.6. The summed E-state index contributed by atoms with van der Waals surface area (Å²) in [4.78, 5) is 12.6. The fourth-order valence-electron chi connectivity index (χ4n) is 4.22. The Morgan fingerprint density at radius 2 is 1.83 bits per heavy atom. The van der Waals surface area contributed by atoms with Gasteiger partial charge in [-0.25, -0.2) is 0 Å². The molecule has 0 heterocycles. The summed E-state index contributed by atoms with van der Waals surface area (Å²) in [5.74, 6) is 2.56. The summed E-state index contributed by atoms with van der Waals surface area (Å²) < 4.78 is 0. The Labute approximate surface area is 155 Å². The van der Waals surface area contributed by atoms with Crippen molar-refractivity contribution in [1.82, 2.24) is 0 Å². The van der Waals surface area contributed by atoms with Gasteiger partial charge >= 0.3 is 0 Å². The first-order valence-electron chi connectivity index (χ1n) is 8.81. The lowest BCUT2D eigenvalue weighted by molar-refractivity contribution is -0.122. The largest absolute Gasteiger partial charge is 0.327 e. The van der Waals surface area contributed by atoms with Crippen molar-refractivity contribution in [2.45, 2.75) is 44.6 Å². The molecule has 2 saturated carbocycles. The number of amides is 1. The third kappa shape index (κ3) is 4.68. The van der Waals surface area contributed by atoms with Crippen molar-refractivity contribution in [3.63, 3.8) is 0 Å². The molecule has 24 heavy (non-hydrogen) atoms. The van der Waals surface area contributed by atoms with Crippen LogP contribution in [0.25, 0.3) is 0 Å². The Morgan fingerprint density at radius 1 is 1.21 bits per heavy atom. The average Bonchev–Trinajstić information content (AvgIpc) is 2.54. The van der Waals surface area contributed by atoms with E-state index in [0.29, 0.717) is 17.9 Å². The Kier molecular flexibility index (Phi) is 7.45. The first-order valence-corrected chi connectivity index (χ1v) is 10.2. The molecule has 5 heteroatoms. The summed E-state index contributed by atoms with van der Waals surface area (Å²) in [6.07, 6.45) is 8.83. The zero-order valence-electron chi connectivity index (χ0n) is 14.4. The van der Waals surface area contributed by atoms with E-state index in [4.69, 9.17) is 5.73 Å². The molecule has 2 aliphatic rings. The lowest BCUT2D eigenvalue weighted by Gasteiger charge is -2.43. The summed E-state index contributed by atoms with van der Waals surface area (Å²) in [7, 11) is 0. The van der Waals surface area contributed by atoms with Crippen LogP contribution in [0.4, 0.5) is 5.69 Å². The maximum absolute atomic E-state index is 12.6. The van der Waals surface area contributed by atoms with E-state index >= 15 is 0 Å². The van der Waals surface area contributed by atoms with Crippen LogP contribution in [0.15, 0.2) is 24.3 Å². The molecule has 3 N–H and O–H groups in total.